The second kappa shape index (κ2) is 6.92. The fourth-order valence-electron chi connectivity index (χ4n) is 3.69. The van der Waals surface area contributed by atoms with Crippen LogP contribution in [0.2, 0.25) is 0 Å². The Morgan fingerprint density at radius 3 is 2.61 bits per heavy atom. The van der Waals surface area contributed by atoms with Crippen molar-refractivity contribution in [3.8, 4) is 16.9 Å². The summed E-state index contributed by atoms with van der Waals surface area (Å²) in [5.41, 5.74) is 3.89. The molecule has 2 unspecified atom stereocenters. The summed E-state index contributed by atoms with van der Waals surface area (Å²) in [6.07, 6.45) is 3.62. The lowest BCUT2D eigenvalue weighted by atomic mass is 9.84. The molecule has 3 heteroatoms. The van der Waals surface area contributed by atoms with Crippen LogP contribution in [0.25, 0.3) is 11.1 Å². The highest BCUT2D eigenvalue weighted by atomic mass is 35.5. The molecule has 23 heavy (non-hydrogen) atoms. The topological polar surface area (TPSA) is 9.23 Å². The Bertz CT molecular complexity index is 698. The SMILES string of the molecule is COc1ccc(F)c(-c2ccc(CCl)cc2C2CCCC2C)c1. The molecule has 1 aliphatic carbocycles. The summed E-state index contributed by atoms with van der Waals surface area (Å²) in [5.74, 6) is 2.03. The van der Waals surface area contributed by atoms with Gasteiger partial charge in [0.2, 0.25) is 0 Å². The standard InChI is InChI=1S/C20H22ClFO/c1-13-4-3-5-16(13)18-10-14(12-21)6-8-17(18)19-11-15(23-2)7-9-20(19)22/h6-11,13,16H,3-5,12H2,1-2H3. The number of benzene rings is 2. The van der Waals surface area contributed by atoms with Crippen LogP contribution < -0.4 is 4.74 Å². The Labute approximate surface area is 142 Å². The van der Waals surface area contributed by atoms with Crippen LogP contribution >= 0.6 is 11.6 Å². The van der Waals surface area contributed by atoms with E-state index in [4.69, 9.17) is 16.3 Å². The molecule has 122 valence electrons. The number of methoxy groups -OCH3 is 1. The Morgan fingerprint density at radius 2 is 1.96 bits per heavy atom. The fraction of sp³-hybridized carbons (Fsp3) is 0.400. The van der Waals surface area contributed by atoms with E-state index in [1.807, 2.05) is 12.1 Å². The van der Waals surface area contributed by atoms with E-state index < -0.39 is 0 Å². The van der Waals surface area contributed by atoms with E-state index in [0.717, 1.165) is 17.5 Å². The van der Waals surface area contributed by atoms with Gasteiger partial charge in [0.15, 0.2) is 0 Å². The third-order valence-corrected chi connectivity index (χ3v) is 5.30. The van der Waals surface area contributed by atoms with Gasteiger partial charge in [-0.2, -0.15) is 0 Å². The Morgan fingerprint density at radius 1 is 1.13 bits per heavy atom. The zero-order valence-corrected chi connectivity index (χ0v) is 14.4. The summed E-state index contributed by atoms with van der Waals surface area (Å²) in [4.78, 5) is 0. The molecule has 2 aromatic rings. The number of rotatable bonds is 4. The molecule has 0 heterocycles. The molecule has 1 nitrogen and oxygen atoms in total. The molecule has 2 aromatic carbocycles. The first-order valence-corrected chi connectivity index (χ1v) is 8.70. The molecule has 0 spiro atoms. The molecule has 0 radical (unpaired) electrons. The van der Waals surface area contributed by atoms with Gasteiger partial charge in [0.05, 0.1) is 7.11 Å². The van der Waals surface area contributed by atoms with E-state index in [-0.39, 0.29) is 5.82 Å². The lowest BCUT2D eigenvalue weighted by Crippen LogP contribution is -2.05. The second-order valence-corrected chi connectivity index (χ2v) is 6.68. The van der Waals surface area contributed by atoms with Crippen LogP contribution in [0, 0.1) is 11.7 Å². The number of alkyl halides is 1. The minimum Gasteiger partial charge on any atom is -0.497 e. The summed E-state index contributed by atoms with van der Waals surface area (Å²) in [5, 5.41) is 0. The molecule has 0 aromatic heterocycles. The maximum Gasteiger partial charge on any atom is 0.131 e. The van der Waals surface area contributed by atoms with Crippen LogP contribution in [0.1, 0.15) is 43.2 Å². The van der Waals surface area contributed by atoms with Gasteiger partial charge in [-0.3, -0.25) is 0 Å². The number of hydrogen-bond acceptors (Lipinski definition) is 1. The smallest absolute Gasteiger partial charge is 0.131 e. The van der Waals surface area contributed by atoms with Gasteiger partial charge in [0.25, 0.3) is 0 Å². The van der Waals surface area contributed by atoms with E-state index in [1.54, 1.807) is 19.2 Å². The van der Waals surface area contributed by atoms with Gasteiger partial charge >= 0.3 is 0 Å². The lowest BCUT2D eigenvalue weighted by molar-refractivity contribution is 0.414. The third kappa shape index (κ3) is 3.23. The van der Waals surface area contributed by atoms with E-state index in [2.05, 4.69) is 13.0 Å². The quantitative estimate of drug-likeness (QED) is 0.611. The van der Waals surface area contributed by atoms with E-state index in [9.17, 15) is 4.39 Å². The first-order valence-electron chi connectivity index (χ1n) is 8.16. The van der Waals surface area contributed by atoms with E-state index in [1.165, 1.54) is 24.5 Å². The van der Waals surface area contributed by atoms with Crippen LogP contribution in [0.3, 0.4) is 0 Å². The van der Waals surface area contributed by atoms with Crippen molar-refractivity contribution >= 4 is 11.6 Å². The monoisotopic (exact) mass is 332 g/mol. The first kappa shape index (κ1) is 16.3. The van der Waals surface area contributed by atoms with Crippen LogP contribution in [-0.4, -0.2) is 7.11 Å². The Balaban J connectivity index is 2.15. The maximum atomic E-state index is 14.5. The van der Waals surface area contributed by atoms with Crippen molar-refractivity contribution in [3.05, 3.63) is 53.3 Å². The van der Waals surface area contributed by atoms with E-state index >= 15 is 0 Å². The molecule has 0 bridgehead atoms. The fourth-order valence-corrected chi connectivity index (χ4v) is 3.86. The van der Waals surface area contributed by atoms with Gasteiger partial charge in [0, 0.05) is 11.4 Å². The average molecular weight is 333 g/mol. The number of hydrogen-bond donors (Lipinski definition) is 0. The Kier molecular flexibility index (Phi) is 4.91. The highest BCUT2D eigenvalue weighted by molar-refractivity contribution is 6.17. The van der Waals surface area contributed by atoms with Crippen LogP contribution in [0.5, 0.6) is 5.75 Å². The summed E-state index contributed by atoms with van der Waals surface area (Å²) in [6, 6.07) is 11.1. The highest BCUT2D eigenvalue weighted by Crippen LogP contribution is 2.44. The van der Waals surface area contributed by atoms with Gasteiger partial charge in [-0.1, -0.05) is 38.0 Å². The van der Waals surface area contributed by atoms with Gasteiger partial charge in [0.1, 0.15) is 11.6 Å². The van der Waals surface area contributed by atoms with Crippen molar-refractivity contribution in [2.24, 2.45) is 5.92 Å². The molecule has 1 saturated carbocycles. The normalized spacial score (nSPS) is 20.7. The van der Waals surface area contributed by atoms with Crippen molar-refractivity contribution in [2.45, 2.75) is 38.0 Å². The lowest BCUT2D eigenvalue weighted by Gasteiger charge is -2.21. The zero-order chi connectivity index (χ0) is 16.4. The molecule has 0 N–H and O–H groups in total. The number of ether oxygens (including phenoxy) is 1. The molecule has 1 fully saturated rings. The van der Waals surface area contributed by atoms with Crippen molar-refractivity contribution in [3.63, 3.8) is 0 Å². The summed E-state index contributed by atoms with van der Waals surface area (Å²) in [7, 11) is 1.60. The van der Waals surface area contributed by atoms with Gasteiger partial charge in [-0.05, 0) is 53.1 Å². The van der Waals surface area contributed by atoms with Gasteiger partial charge in [-0.25, -0.2) is 4.39 Å². The van der Waals surface area contributed by atoms with Crippen molar-refractivity contribution in [1.82, 2.24) is 0 Å². The molecule has 0 amide bonds. The molecule has 3 rings (SSSR count). The Hall–Kier alpha value is -1.54. The largest absolute Gasteiger partial charge is 0.497 e. The third-order valence-electron chi connectivity index (χ3n) is 4.99. The van der Waals surface area contributed by atoms with Crippen molar-refractivity contribution in [1.29, 1.82) is 0 Å². The zero-order valence-electron chi connectivity index (χ0n) is 13.6. The predicted octanol–water partition coefficient (Wildman–Crippen LogP) is 6.14. The van der Waals surface area contributed by atoms with Crippen molar-refractivity contribution in [2.75, 3.05) is 7.11 Å². The molecule has 0 saturated heterocycles. The summed E-state index contributed by atoms with van der Waals surface area (Å²) < 4.78 is 19.7. The summed E-state index contributed by atoms with van der Waals surface area (Å²) >= 11 is 6.03. The average Bonchev–Trinajstić information content (AvgIpc) is 3.01. The molecule has 2 atom stereocenters. The highest BCUT2D eigenvalue weighted by Gasteiger charge is 2.28. The number of halogens is 2. The predicted molar refractivity (Wildman–Crippen MR) is 93.7 cm³/mol. The first-order chi connectivity index (χ1) is 11.1. The summed E-state index contributed by atoms with van der Waals surface area (Å²) in [6.45, 7) is 2.29. The molecular formula is C20H22ClFO. The minimum atomic E-state index is -0.212. The van der Waals surface area contributed by atoms with Crippen LogP contribution in [-0.2, 0) is 5.88 Å². The second-order valence-electron chi connectivity index (χ2n) is 6.42. The molecule has 1 aliphatic rings. The maximum absolute atomic E-state index is 14.5. The molecule has 0 aliphatic heterocycles. The van der Waals surface area contributed by atoms with E-state index in [0.29, 0.717) is 29.0 Å². The van der Waals surface area contributed by atoms with Gasteiger partial charge < -0.3 is 4.74 Å². The van der Waals surface area contributed by atoms with Gasteiger partial charge in [-0.15, -0.1) is 11.6 Å². The van der Waals surface area contributed by atoms with Crippen molar-refractivity contribution < 1.29 is 9.13 Å². The minimum absolute atomic E-state index is 0.212. The van der Waals surface area contributed by atoms with Crippen LogP contribution in [0.4, 0.5) is 4.39 Å². The molecular weight excluding hydrogens is 311 g/mol. The van der Waals surface area contributed by atoms with Crippen LogP contribution in [0.15, 0.2) is 36.4 Å².